The molecule has 0 atom stereocenters. The summed E-state index contributed by atoms with van der Waals surface area (Å²) in [4.78, 5) is 28.9. The van der Waals surface area contributed by atoms with Gasteiger partial charge in [-0.15, -0.1) is 0 Å². The van der Waals surface area contributed by atoms with E-state index in [2.05, 4.69) is 5.10 Å². The standard InChI is InChI=1S/C18H20N4O2/c1-20-15(7-10-19-20)16(23)21-11-8-18(9-12-21)13-22(17(18)24)14-5-3-2-4-6-14/h2-7,10H,8-9,11-13H2,1H3. The molecule has 124 valence electrons. The Hall–Kier alpha value is -2.63. The SMILES string of the molecule is Cn1nccc1C(=O)N1CCC2(CC1)CN(c1ccccc1)C2=O. The lowest BCUT2D eigenvalue weighted by molar-refractivity contribution is -0.138. The number of hydrogen-bond acceptors (Lipinski definition) is 3. The van der Waals surface area contributed by atoms with Crippen molar-refractivity contribution >= 4 is 17.5 Å². The van der Waals surface area contributed by atoms with E-state index < -0.39 is 0 Å². The van der Waals surface area contributed by atoms with Crippen LogP contribution in [0.5, 0.6) is 0 Å². The van der Waals surface area contributed by atoms with E-state index in [4.69, 9.17) is 0 Å². The first kappa shape index (κ1) is 14.9. The van der Waals surface area contributed by atoms with E-state index in [1.807, 2.05) is 40.1 Å². The summed E-state index contributed by atoms with van der Waals surface area (Å²) in [5, 5.41) is 4.05. The van der Waals surface area contributed by atoms with Crippen LogP contribution in [0.15, 0.2) is 42.6 Å². The van der Waals surface area contributed by atoms with Crippen molar-refractivity contribution in [3.8, 4) is 0 Å². The second-order valence-corrected chi connectivity index (χ2v) is 6.64. The number of rotatable bonds is 2. The molecule has 24 heavy (non-hydrogen) atoms. The Morgan fingerprint density at radius 1 is 1.12 bits per heavy atom. The number of amides is 2. The third kappa shape index (κ3) is 2.21. The van der Waals surface area contributed by atoms with Gasteiger partial charge in [0.1, 0.15) is 5.69 Å². The molecule has 2 fully saturated rings. The molecule has 6 heteroatoms. The summed E-state index contributed by atoms with van der Waals surface area (Å²) in [6, 6.07) is 11.5. The predicted molar refractivity (Wildman–Crippen MR) is 89.6 cm³/mol. The van der Waals surface area contributed by atoms with E-state index in [-0.39, 0.29) is 17.2 Å². The predicted octanol–water partition coefficient (Wildman–Crippen LogP) is 1.69. The van der Waals surface area contributed by atoms with Gasteiger partial charge >= 0.3 is 0 Å². The molecule has 2 aromatic rings. The minimum atomic E-state index is -0.279. The Bertz CT molecular complexity index is 775. The number of carbonyl (C=O) groups is 2. The fraction of sp³-hybridized carbons (Fsp3) is 0.389. The smallest absolute Gasteiger partial charge is 0.272 e. The number of β-lactam (4-membered cyclic amide) rings is 1. The zero-order valence-corrected chi connectivity index (χ0v) is 13.7. The summed E-state index contributed by atoms with van der Waals surface area (Å²) >= 11 is 0. The number of anilines is 1. The molecule has 2 saturated heterocycles. The minimum Gasteiger partial charge on any atom is -0.337 e. The van der Waals surface area contributed by atoms with Crippen LogP contribution in [0.1, 0.15) is 23.3 Å². The Morgan fingerprint density at radius 3 is 2.42 bits per heavy atom. The number of aryl methyl sites for hydroxylation is 1. The van der Waals surface area contributed by atoms with E-state index >= 15 is 0 Å². The molecule has 2 amide bonds. The Kier molecular flexibility index (Phi) is 3.40. The van der Waals surface area contributed by atoms with Crippen molar-refractivity contribution in [2.45, 2.75) is 12.8 Å². The van der Waals surface area contributed by atoms with E-state index in [0.717, 1.165) is 25.1 Å². The number of hydrogen-bond donors (Lipinski definition) is 0. The Morgan fingerprint density at radius 2 is 1.83 bits per heavy atom. The molecule has 0 saturated carbocycles. The van der Waals surface area contributed by atoms with Crippen LogP contribution in [0, 0.1) is 5.41 Å². The van der Waals surface area contributed by atoms with Gasteiger partial charge in [0.15, 0.2) is 0 Å². The zero-order chi connectivity index (χ0) is 16.7. The lowest BCUT2D eigenvalue weighted by Crippen LogP contribution is -2.65. The summed E-state index contributed by atoms with van der Waals surface area (Å²) in [5.41, 5.74) is 1.28. The quantitative estimate of drug-likeness (QED) is 0.790. The lowest BCUT2D eigenvalue weighted by Gasteiger charge is -2.52. The first-order valence-electron chi connectivity index (χ1n) is 8.25. The third-order valence-electron chi connectivity index (χ3n) is 5.28. The number of nitrogens with zero attached hydrogens (tertiary/aromatic N) is 4. The zero-order valence-electron chi connectivity index (χ0n) is 13.7. The van der Waals surface area contributed by atoms with Gasteiger partial charge < -0.3 is 9.80 Å². The number of para-hydroxylation sites is 1. The molecule has 6 nitrogen and oxygen atoms in total. The average Bonchev–Trinajstić information content (AvgIpc) is 3.06. The van der Waals surface area contributed by atoms with E-state index in [9.17, 15) is 9.59 Å². The van der Waals surface area contributed by atoms with Gasteiger partial charge in [0, 0.05) is 38.6 Å². The molecule has 0 radical (unpaired) electrons. The van der Waals surface area contributed by atoms with Crippen molar-refractivity contribution in [3.05, 3.63) is 48.3 Å². The van der Waals surface area contributed by atoms with Crippen LogP contribution in [-0.2, 0) is 11.8 Å². The van der Waals surface area contributed by atoms with E-state index in [0.29, 0.717) is 18.8 Å². The van der Waals surface area contributed by atoms with E-state index in [1.165, 1.54) is 0 Å². The maximum Gasteiger partial charge on any atom is 0.272 e. The normalized spacial score (nSPS) is 19.5. The first-order valence-corrected chi connectivity index (χ1v) is 8.25. The van der Waals surface area contributed by atoms with Crippen molar-refractivity contribution in [1.82, 2.24) is 14.7 Å². The maximum atomic E-state index is 12.7. The van der Waals surface area contributed by atoms with Gasteiger partial charge in [-0.3, -0.25) is 14.3 Å². The second-order valence-electron chi connectivity index (χ2n) is 6.64. The first-order chi connectivity index (χ1) is 11.6. The average molecular weight is 324 g/mol. The molecule has 0 bridgehead atoms. The van der Waals surface area contributed by atoms with Gasteiger partial charge in [-0.05, 0) is 31.0 Å². The molecule has 3 heterocycles. The highest BCUT2D eigenvalue weighted by Gasteiger charge is 2.53. The lowest BCUT2D eigenvalue weighted by atomic mass is 9.70. The maximum absolute atomic E-state index is 12.7. The Labute approximate surface area is 140 Å². The molecular formula is C18H20N4O2. The van der Waals surface area contributed by atoms with Gasteiger partial charge in [-0.2, -0.15) is 5.10 Å². The highest BCUT2D eigenvalue weighted by atomic mass is 16.2. The number of aromatic nitrogens is 2. The van der Waals surface area contributed by atoms with Gasteiger partial charge in [-0.25, -0.2) is 0 Å². The molecule has 1 aromatic carbocycles. The molecule has 0 unspecified atom stereocenters. The van der Waals surface area contributed by atoms with Crippen molar-refractivity contribution in [3.63, 3.8) is 0 Å². The summed E-state index contributed by atoms with van der Waals surface area (Å²) in [6.07, 6.45) is 3.10. The monoisotopic (exact) mass is 324 g/mol. The van der Waals surface area contributed by atoms with Crippen LogP contribution in [0.3, 0.4) is 0 Å². The summed E-state index contributed by atoms with van der Waals surface area (Å²) in [7, 11) is 1.77. The Balaban J connectivity index is 1.41. The van der Waals surface area contributed by atoms with Crippen molar-refractivity contribution in [1.29, 1.82) is 0 Å². The van der Waals surface area contributed by atoms with Crippen LogP contribution in [0.4, 0.5) is 5.69 Å². The number of likely N-dealkylation sites (tertiary alicyclic amines) is 1. The molecule has 1 spiro atoms. The van der Waals surface area contributed by atoms with Crippen molar-refractivity contribution in [2.75, 3.05) is 24.5 Å². The molecule has 4 rings (SSSR count). The topological polar surface area (TPSA) is 58.4 Å². The molecule has 0 aliphatic carbocycles. The number of carbonyl (C=O) groups excluding carboxylic acids is 2. The summed E-state index contributed by atoms with van der Waals surface area (Å²) in [5.74, 6) is 0.192. The van der Waals surface area contributed by atoms with Crippen molar-refractivity contribution in [2.24, 2.45) is 12.5 Å². The molecule has 2 aliphatic heterocycles. The molecule has 0 N–H and O–H groups in total. The minimum absolute atomic E-state index is 0.00321. The van der Waals surface area contributed by atoms with Crippen LogP contribution < -0.4 is 4.90 Å². The van der Waals surface area contributed by atoms with Gasteiger partial charge in [0.25, 0.3) is 5.91 Å². The second kappa shape index (κ2) is 5.47. The van der Waals surface area contributed by atoms with Gasteiger partial charge in [0.05, 0.1) is 5.41 Å². The summed E-state index contributed by atoms with van der Waals surface area (Å²) in [6.45, 7) is 2.00. The highest BCUT2D eigenvalue weighted by molar-refractivity contribution is 6.04. The van der Waals surface area contributed by atoms with Crippen LogP contribution in [0.2, 0.25) is 0 Å². The number of benzene rings is 1. The largest absolute Gasteiger partial charge is 0.337 e. The van der Waals surface area contributed by atoms with Gasteiger partial charge in [-0.1, -0.05) is 18.2 Å². The summed E-state index contributed by atoms with van der Waals surface area (Å²) < 4.78 is 1.60. The fourth-order valence-electron chi connectivity index (χ4n) is 3.71. The third-order valence-corrected chi connectivity index (χ3v) is 5.28. The molecule has 2 aliphatic rings. The van der Waals surface area contributed by atoms with Crippen LogP contribution in [0.25, 0.3) is 0 Å². The fourth-order valence-corrected chi connectivity index (χ4v) is 3.71. The molecule has 1 aromatic heterocycles. The van der Waals surface area contributed by atoms with Crippen LogP contribution in [-0.4, -0.2) is 46.1 Å². The van der Waals surface area contributed by atoms with E-state index in [1.54, 1.807) is 24.0 Å². The molecular weight excluding hydrogens is 304 g/mol. The van der Waals surface area contributed by atoms with Crippen LogP contribution >= 0.6 is 0 Å². The number of piperidine rings is 1. The van der Waals surface area contributed by atoms with Gasteiger partial charge in [0.2, 0.25) is 5.91 Å². The van der Waals surface area contributed by atoms with Crippen molar-refractivity contribution < 1.29 is 9.59 Å². The highest BCUT2D eigenvalue weighted by Crippen LogP contribution is 2.43.